The lowest BCUT2D eigenvalue weighted by Gasteiger charge is -2.15. The van der Waals surface area contributed by atoms with Gasteiger partial charge in [0.05, 0.1) is 12.2 Å². The zero-order valence-corrected chi connectivity index (χ0v) is 11.7. The van der Waals surface area contributed by atoms with Crippen LogP contribution in [0.15, 0.2) is 24.4 Å². The molecule has 0 fully saturated rings. The van der Waals surface area contributed by atoms with Crippen LogP contribution in [0.5, 0.6) is 0 Å². The van der Waals surface area contributed by atoms with Crippen molar-refractivity contribution in [1.29, 1.82) is 0 Å². The van der Waals surface area contributed by atoms with Crippen LogP contribution in [0.25, 0.3) is 0 Å². The van der Waals surface area contributed by atoms with E-state index in [-0.39, 0.29) is 11.9 Å². The summed E-state index contributed by atoms with van der Waals surface area (Å²) in [6, 6.07) is 4.96. The third-order valence-corrected chi connectivity index (χ3v) is 3.59. The molecule has 0 spiro atoms. The molecule has 2 aromatic rings. The molecule has 0 aliphatic heterocycles. The molecular formula is C11H9Cl2N3OS. The minimum atomic E-state index is -0.219. The molecule has 1 N–H and O–H groups in total. The van der Waals surface area contributed by atoms with Gasteiger partial charge in [-0.2, -0.15) is 0 Å². The summed E-state index contributed by atoms with van der Waals surface area (Å²) >= 11 is 12.9. The highest BCUT2D eigenvalue weighted by Crippen LogP contribution is 2.26. The molecule has 0 aliphatic rings. The average Bonchev–Trinajstić information content (AvgIpc) is 2.81. The summed E-state index contributed by atoms with van der Waals surface area (Å²) in [4.78, 5) is 12.3. The fraction of sp³-hybridized carbons (Fsp3) is 0.182. The molecule has 0 aliphatic carbocycles. The van der Waals surface area contributed by atoms with Gasteiger partial charge in [0.1, 0.15) is 4.88 Å². The van der Waals surface area contributed by atoms with Gasteiger partial charge >= 0.3 is 0 Å². The molecule has 1 aromatic heterocycles. The van der Waals surface area contributed by atoms with E-state index in [1.54, 1.807) is 18.2 Å². The van der Waals surface area contributed by atoms with Crippen LogP contribution in [0.4, 0.5) is 0 Å². The van der Waals surface area contributed by atoms with Crippen LogP contribution in [-0.4, -0.2) is 15.5 Å². The molecule has 4 nitrogen and oxygen atoms in total. The van der Waals surface area contributed by atoms with Crippen molar-refractivity contribution in [3.8, 4) is 0 Å². The molecule has 1 amide bonds. The number of amides is 1. The molecule has 0 saturated heterocycles. The Hall–Kier alpha value is -1.17. The van der Waals surface area contributed by atoms with Crippen molar-refractivity contribution in [2.45, 2.75) is 13.0 Å². The lowest BCUT2D eigenvalue weighted by Crippen LogP contribution is -2.26. The lowest BCUT2D eigenvalue weighted by atomic mass is 10.1. The van der Waals surface area contributed by atoms with Crippen LogP contribution in [0.3, 0.4) is 0 Å². The molecule has 1 atom stereocenters. The molecule has 2 rings (SSSR count). The second-order valence-corrected chi connectivity index (χ2v) is 5.27. The third kappa shape index (κ3) is 2.98. The van der Waals surface area contributed by atoms with Crippen LogP contribution in [0.2, 0.25) is 10.0 Å². The fourth-order valence-electron chi connectivity index (χ4n) is 1.47. The van der Waals surface area contributed by atoms with Gasteiger partial charge < -0.3 is 5.32 Å². The first kappa shape index (κ1) is 13.3. The topological polar surface area (TPSA) is 54.9 Å². The van der Waals surface area contributed by atoms with E-state index < -0.39 is 0 Å². The molecule has 18 heavy (non-hydrogen) atoms. The first-order valence-corrected chi connectivity index (χ1v) is 6.64. The zero-order valence-electron chi connectivity index (χ0n) is 9.35. The first-order valence-electron chi connectivity index (χ1n) is 5.11. The first-order chi connectivity index (χ1) is 8.58. The van der Waals surface area contributed by atoms with E-state index in [4.69, 9.17) is 23.2 Å². The Morgan fingerprint density at radius 2 is 2.22 bits per heavy atom. The largest absolute Gasteiger partial charge is 0.345 e. The van der Waals surface area contributed by atoms with Gasteiger partial charge in [0.2, 0.25) is 0 Å². The van der Waals surface area contributed by atoms with Gasteiger partial charge in [0, 0.05) is 10.0 Å². The summed E-state index contributed by atoms with van der Waals surface area (Å²) in [6.45, 7) is 1.85. The van der Waals surface area contributed by atoms with Gasteiger partial charge in [-0.25, -0.2) is 0 Å². The smallest absolute Gasteiger partial charge is 0.265 e. The molecule has 94 valence electrons. The van der Waals surface area contributed by atoms with Crippen LogP contribution in [0, 0.1) is 0 Å². The number of benzene rings is 1. The van der Waals surface area contributed by atoms with Crippen LogP contribution >= 0.6 is 34.7 Å². The molecule has 0 saturated carbocycles. The Morgan fingerprint density at radius 1 is 1.44 bits per heavy atom. The van der Waals surface area contributed by atoms with E-state index in [0.29, 0.717) is 14.9 Å². The molecular weight excluding hydrogens is 293 g/mol. The number of aromatic nitrogens is 2. The predicted molar refractivity (Wildman–Crippen MR) is 72.3 cm³/mol. The van der Waals surface area contributed by atoms with E-state index in [2.05, 4.69) is 14.9 Å². The van der Waals surface area contributed by atoms with Crippen molar-refractivity contribution in [1.82, 2.24) is 14.9 Å². The Morgan fingerprint density at radius 3 is 2.83 bits per heavy atom. The second-order valence-electron chi connectivity index (χ2n) is 3.64. The van der Waals surface area contributed by atoms with Gasteiger partial charge in [-0.15, -0.1) is 5.10 Å². The van der Waals surface area contributed by atoms with Crippen molar-refractivity contribution in [2.75, 3.05) is 0 Å². The van der Waals surface area contributed by atoms with E-state index in [1.165, 1.54) is 6.20 Å². The molecule has 1 aromatic carbocycles. The van der Waals surface area contributed by atoms with E-state index in [9.17, 15) is 4.79 Å². The van der Waals surface area contributed by atoms with Crippen LogP contribution in [-0.2, 0) is 0 Å². The van der Waals surface area contributed by atoms with Gasteiger partial charge in [-0.05, 0) is 36.2 Å². The molecule has 1 heterocycles. The summed E-state index contributed by atoms with van der Waals surface area (Å²) in [7, 11) is 0. The number of halogens is 2. The van der Waals surface area contributed by atoms with Gasteiger partial charge in [-0.3, -0.25) is 4.79 Å². The molecule has 0 bridgehead atoms. The Labute approximate surface area is 118 Å². The Balaban J connectivity index is 2.12. The van der Waals surface area contributed by atoms with Crippen molar-refractivity contribution in [3.63, 3.8) is 0 Å². The molecule has 0 radical (unpaired) electrons. The van der Waals surface area contributed by atoms with E-state index in [1.807, 2.05) is 6.92 Å². The number of hydrogen-bond acceptors (Lipinski definition) is 4. The van der Waals surface area contributed by atoms with Crippen molar-refractivity contribution in [3.05, 3.63) is 44.9 Å². The number of rotatable bonds is 3. The highest BCUT2D eigenvalue weighted by molar-refractivity contribution is 7.07. The molecule has 7 heteroatoms. The zero-order chi connectivity index (χ0) is 13.1. The van der Waals surface area contributed by atoms with E-state index >= 15 is 0 Å². The summed E-state index contributed by atoms with van der Waals surface area (Å²) in [5, 5.41) is 7.53. The predicted octanol–water partition coefficient (Wildman–Crippen LogP) is 3.34. The maximum absolute atomic E-state index is 11.8. The second kappa shape index (κ2) is 5.65. The van der Waals surface area contributed by atoms with Crippen molar-refractivity contribution < 1.29 is 4.79 Å². The Bertz CT molecular complexity index is 559. The Kier molecular flexibility index (Phi) is 4.16. The quantitative estimate of drug-likeness (QED) is 0.946. The minimum absolute atomic E-state index is 0.218. The van der Waals surface area contributed by atoms with Crippen LogP contribution in [0.1, 0.15) is 28.2 Å². The maximum atomic E-state index is 11.8. The van der Waals surface area contributed by atoms with Gasteiger partial charge in [0.25, 0.3) is 5.91 Å². The number of carbonyl (C=O) groups is 1. The number of hydrogen-bond donors (Lipinski definition) is 1. The summed E-state index contributed by atoms with van der Waals surface area (Å²) < 4.78 is 3.64. The SMILES string of the molecule is CC(NC(=O)c1cnns1)c1ccc(Cl)cc1Cl. The monoisotopic (exact) mass is 301 g/mol. The number of nitrogens with one attached hydrogen (secondary N) is 1. The average molecular weight is 302 g/mol. The normalized spacial score (nSPS) is 12.2. The minimum Gasteiger partial charge on any atom is -0.345 e. The third-order valence-electron chi connectivity index (χ3n) is 2.36. The summed E-state index contributed by atoms with van der Waals surface area (Å²) in [5.41, 5.74) is 0.812. The molecule has 1 unspecified atom stereocenters. The van der Waals surface area contributed by atoms with Crippen LogP contribution < -0.4 is 5.32 Å². The van der Waals surface area contributed by atoms with Gasteiger partial charge in [0.15, 0.2) is 0 Å². The number of carbonyl (C=O) groups excluding carboxylic acids is 1. The number of nitrogens with zero attached hydrogens (tertiary/aromatic N) is 2. The fourth-order valence-corrected chi connectivity index (χ4v) is 2.46. The highest BCUT2D eigenvalue weighted by atomic mass is 35.5. The maximum Gasteiger partial charge on any atom is 0.265 e. The highest BCUT2D eigenvalue weighted by Gasteiger charge is 2.15. The van der Waals surface area contributed by atoms with E-state index in [0.717, 1.165) is 17.1 Å². The summed E-state index contributed by atoms with van der Waals surface area (Å²) in [6.07, 6.45) is 1.43. The lowest BCUT2D eigenvalue weighted by molar-refractivity contribution is 0.0944. The summed E-state index contributed by atoms with van der Waals surface area (Å²) in [5.74, 6) is -0.219. The van der Waals surface area contributed by atoms with Crippen molar-refractivity contribution in [2.24, 2.45) is 0 Å². The van der Waals surface area contributed by atoms with Crippen molar-refractivity contribution >= 4 is 40.6 Å². The standard InChI is InChI=1S/C11H9Cl2N3OS/c1-6(8-3-2-7(12)4-9(8)13)15-11(17)10-5-14-16-18-10/h2-6H,1H3,(H,15,17). The van der Waals surface area contributed by atoms with Gasteiger partial charge in [-0.1, -0.05) is 33.8 Å².